The SMILES string of the molecule is C=CC(=O)Nc1cc(Nc2nc(-c3ccnc(N4CCCn5c(cc6c5CC(C)(C)C6)C4=O)c3CO)cn(C)c2=O)cc(C(F)(F)F)c1N1CCN(C2COC2)CC1C. The van der Waals surface area contributed by atoms with Gasteiger partial charge in [0.15, 0.2) is 5.82 Å². The molecule has 3 N–H and O–H groups in total. The van der Waals surface area contributed by atoms with Crippen LogP contribution in [0.25, 0.3) is 11.3 Å². The molecule has 0 saturated carbocycles. The van der Waals surface area contributed by atoms with E-state index in [9.17, 15) is 19.5 Å². The van der Waals surface area contributed by atoms with Crippen LogP contribution in [0, 0.1) is 5.41 Å². The van der Waals surface area contributed by atoms with Gasteiger partial charge in [-0.15, -0.1) is 0 Å². The highest BCUT2D eigenvalue weighted by Crippen LogP contribution is 2.45. The number of anilines is 5. The van der Waals surface area contributed by atoms with E-state index in [4.69, 9.17) is 4.74 Å². The molecule has 17 heteroatoms. The molecule has 1 unspecified atom stereocenters. The molecule has 1 aromatic carbocycles. The topological polar surface area (TPSA) is 150 Å². The number of fused-ring (bicyclic) bond motifs is 3. The lowest BCUT2D eigenvalue weighted by Gasteiger charge is -2.47. The molecule has 312 valence electrons. The first-order chi connectivity index (χ1) is 28.1. The molecule has 0 radical (unpaired) electrons. The zero-order valence-corrected chi connectivity index (χ0v) is 33.5. The van der Waals surface area contributed by atoms with Crippen molar-refractivity contribution in [2.24, 2.45) is 12.5 Å². The fourth-order valence-corrected chi connectivity index (χ4v) is 8.96. The van der Waals surface area contributed by atoms with Gasteiger partial charge in [-0.1, -0.05) is 20.4 Å². The fourth-order valence-electron chi connectivity index (χ4n) is 8.96. The molecule has 2 fully saturated rings. The second kappa shape index (κ2) is 15.3. The minimum Gasteiger partial charge on any atom is -0.392 e. The van der Waals surface area contributed by atoms with Crippen molar-refractivity contribution in [3.05, 3.63) is 87.7 Å². The quantitative estimate of drug-likeness (QED) is 0.195. The van der Waals surface area contributed by atoms with Crippen LogP contribution in [-0.2, 0) is 48.7 Å². The van der Waals surface area contributed by atoms with Gasteiger partial charge in [0.05, 0.1) is 48.5 Å². The number of nitrogens with zero attached hydrogens (tertiary/aromatic N) is 7. The Hall–Kier alpha value is -5.52. The molecule has 1 atom stereocenters. The largest absolute Gasteiger partial charge is 0.418 e. The molecule has 0 bridgehead atoms. The summed E-state index contributed by atoms with van der Waals surface area (Å²) in [5, 5.41) is 16.2. The average molecular weight is 816 g/mol. The van der Waals surface area contributed by atoms with Crippen molar-refractivity contribution in [3.8, 4) is 11.3 Å². The van der Waals surface area contributed by atoms with E-state index in [-0.39, 0.29) is 64.3 Å². The second-order valence-corrected chi connectivity index (χ2v) is 16.7. The number of aliphatic hydroxyl groups excluding tert-OH is 1. The van der Waals surface area contributed by atoms with E-state index in [1.165, 1.54) is 41.3 Å². The van der Waals surface area contributed by atoms with E-state index in [0.29, 0.717) is 62.6 Å². The van der Waals surface area contributed by atoms with Gasteiger partial charge in [0, 0.05) is 80.7 Å². The van der Waals surface area contributed by atoms with Crippen LogP contribution >= 0.6 is 0 Å². The maximum absolute atomic E-state index is 15.1. The molecule has 0 spiro atoms. The molecule has 2 saturated heterocycles. The third-order valence-electron chi connectivity index (χ3n) is 11.8. The lowest BCUT2D eigenvalue weighted by molar-refractivity contribution is -0.137. The van der Waals surface area contributed by atoms with Crippen LogP contribution in [-0.4, -0.2) is 92.4 Å². The summed E-state index contributed by atoms with van der Waals surface area (Å²) < 4.78 is 53.9. The molecule has 3 aromatic heterocycles. The predicted octanol–water partition coefficient (Wildman–Crippen LogP) is 5.11. The van der Waals surface area contributed by atoms with Crippen LogP contribution in [0.1, 0.15) is 60.1 Å². The van der Waals surface area contributed by atoms with E-state index in [1.807, 2.05) is 13.0 Å². The number of aliphatic hydroxyl groups is 1. The molecule has 1 aliphatic carbocycles. The van der Waals surface area contributed by atoms with Gasteiger partial charge < -0.3 is 34.5 Å². The van der Waals surface area contributed by atoms with Crippen LogP contribution < -0.4 is 26.0 Å². The maximum atomic E-state index is 15.1. The highest BCUT2D eigenvalue weighted by molar-refractivity contribution is 6.06. The Morgan fingerprint density at radius 2 is 1.90 bits per heavy atom. The smallest absolute Gasteiger partial charge is 0.392 e. The maximum Gasteiger partial charge on any atom is 0.418 e. The van der Waals surface area contributed by atoms with Crippen molar-refractivity contribution < 1.29 is 32.6 Å². The fraction of sp³-hybridized carbons (Fsp3) is 0.452. The monoisotopic (exact) mass is 815 g/mol. The van der Waals surface area contributed by atoms with Crippen LogP contribution in [0.5, 0.6) is 0 Å². The van der Waals surface area contributed by atoms with Crippen molar-refractivity contribution in [1.29, 1.82) is 0 Å². The molecule has 2 amide bonds. The number of alkyl halides is 3. The minimum atomic E-state index is -4.86. The molecule has 6 heterocycles. The number of hydrogen-bond donors (Lipinski definition) is 3. The molecular weight excluding hydrogens is 768 g/mol. The first-order valence-corrected chi connectivity index (χ1v) is 19.8. The lowest BCUT2D eigenvalue weighted by atomic mass is 9.90. The van der Waals surface area contributed by atoms with E-state index in [0.717, 1.165) is 25.0 Å². The number of halogens is 3. The Kier molecular flexibility index (Phi) is 10.4. The number of aryl methyl sites for hydroxylation is 1. The van der Waals surface area contributed by atoms with E-state index < -0.39 is 29.8 Å². The summed E-state index contributed by atoms with van der Waals surface area (Å²) in [7, 11) is 1.48. The van der Waals surface area contributed by atoms with Gasteiger partial charge in [-0.05, 0) is 67.5 Å². The highest BCUT2D eigenvalue weighted by Gasteiger charge is 2.41. The first kappa shape index (κ1) is 40.3. The van der Waals surface area contributed by atoms with Crippen molar-refractivity contribution in [2.75, 3.05) is 59.8 Å². The first-order valence-electron chi connectivity index (χ1n) is 19.8. The number of hydrogen-bond acceptors (Lipinski definition) is 10. The number of nitrogens with one attached hydrogen (secondary N) is 2. The Balaban J connectivity index is 1.15. The Bertz CT molecular complexity index is 2400. The van der Waals surface area contributed by atoms with Crippen LogP contribution in [0.15, 0.2) is 54.1 Å². The molecule has 4 aliphatic rings. The Morgan fingerprint density at radius 3 is 2.58 bits per heavy atom. The number of ether oxygens (including phenoxy) is 1. The summed E-state index contributed by atoms with van der Waals surface area (Å²) in [6.45, 7) is 12.7. The number of pyridine rings is 1. The van der Waals surface area contributed by atoms with Gasteiger partial charge in [0.2, 0.25) is 5.91 Å². The zero-order valence-electron chi connectivity index (χ0n) is 33.5. The third kappa shape index (κ3) is 7.51. The molecule has 3 aliphatic heterocycles. The van der Waals surface area contributed by atoms with Gasteiger partial charge in [-0.3, -0.25) is 24.2 Å². The predicted molar refractivity (Wildman–Crippen MR) is 217 cm³/mol. The number of carbonyl (C=O) groups excluding carboxylic acids is 2. The van der Waals surface area contributed by atoms with E-state index >= 15 is 13.2 Å². The van der Waals surface area contributed by atoms with Crippen molar-refractivity contribution in [3.63, 3.8) is 0 Å². The van der Waals surface area contributed by atoms with Gasteiger partial charge in [-0.25, -0.2) is 9.97 Å². The van der Waals surface area contributed by atoms with Gasteiger partial charge in [0.25, 0.3) is 11.5 Å². The normalized spacial score (nSPS) is 19.5. The number of carbonyl (C=O) groups is 2. The standard InChI is InChI=1S/C42H48F3N9O5/c1-6-35(56)48-31-16-26(15-30(42(43,44)45)36(31)52-13-12-51(19-24(52)2)27-22-59-23-27)47-37-40(58)50(5)20-32(49-37)28-8-9-46-38(29(28)21-55)54-11-7-10-53-33(39(54)57)14-25-17-41(3,4)18-34(25)53/h6,8-9,14-16,20,24,27,55H,1,7,10-13,17-19,21-23H2,2-5H3,(H,47,49)(H,48,56). The van der Waals surface area contributed by atoms with Crippen LogP contribution in [0.3, 0.4) is 0 Å². The Labute approximate surface area is 339 Å². The second-order valence-electron chi connectivity index (χ2n) is 16.7. The minimum absolute atomic E-state index is 0.115. The number of benzene rings is 1. The van der Waals surface area contributed by atoms with Crippen molar-refractivity contribution in [2.45, 2.75) is 71.4 Å². The van der Waals surface area contributed by atoms with Gasteiger partial charge >= 0.3 is 6.18 Å². The summed E-state index contributed by atoms with van der Waals surface area (Å²) in [6.07, 6.45) is 1.46. The summed E-state index contributed by atoms with van der Waals surface area (Å²) in [6, 6.07) is 5.70. The lowest BCUT2D eigenvalue weighted by Crippen LogP contribution is -2.60. The van der Waals surface area contributed by atoms with E-state index in [1.54, 1.807) is 15.9 Å². The number of piperazine rings is 1. The molecule has 4 aromatic rings. The third-order valence-corrected chi connectivity index (χ3v) is 11.8. The van der Waals surface area contributed by atoms with Crippen molar-refractivity contribution >= 4 is 40.5 Å². The molecule has 14 nitrogen and oxygen atoms in total. The van der Waals surface area contributed by atoms with Crippen LogP contribution in [0.4, 0.5) is 41.9 Å². The molecule has 8 rings (SSSR count). The highest BCUT2D eigenvalue weighted by atomic mass is 19.4. The summed E-state index contributed by atoms with van der Waals surface area (Å²) in [4.78, 5) is 55.0. The number of rotatable bonds is 9. The summed E-state index contributed by atoms with van der Waals surface area (Å²) in [5.41, 5.74) is 1.79. The average Bonchev–Trinajstić information content (AvgIpc) is 3.58. The number of amides is 2. The van der Waals surface area contributed by atoms with Gasteiger partial charge in [0.1, 0.15) is 11.5 Å². The van der Waals surface area contributed by atoms with Gasteiger partial charge in [-0.2, -0.15) is 13.2 Å². The number of aromatic nitrogens is 4. The van der Waals surface area contributed by atoms with Crippen molar-refractivity contribution in [1.82, 2.24) is 24.0 Å². The van der Waals surface area contributed by atoms with Crippen LogP contribution in [0.2, 0.25) is 0 Å². The Morgan fingerprint density at radius 1 is 1.12 bits per heavy atom. The summed E-state index contributed by atoms with van der Waals surface area (Å²) >= 11 is 0. The zero-order chi connectivity index (χ0) is 42.0. The molecule has 59 heavy (non-hydrogen) atoms. The van der Waals surface area contributed by atoms with E-state index in [2.05, 4.69) is 50.5 Å². The summed E-state index contributed by atoms with van der Waals surface area (Å²) in [5.74, 6) is -1.00. The molecular formula is C42H48F3N9O5.